The third kappa shape index (κ3) is 3.18. The van der Waals surface area contributed by atoms with Gasteiger partial charge in [0.15, 0.2) is 11.6 Å². The maximum atomic E-state index is 12.5. The Morgan fingerprint density at radius 2 is 2.23 bits per heavy atom. The van der Waals surface area contributed by atoms with Gasteiger partial charge in [0.2, 0.25) is 0 Å². The summed E-state index contributed by atoms with van der Waals surface area (Å²) >= 11 is 0. The van der Waals surface area contributed by atoms with Crippen LogP contribution in [0.1, 0.15) is 17.0 Å². The van der Waals surface area contributed by atoms with Crippen molar-refractivity contribution < 1.29 is 14.3 Å². The number of aromatic amines is 1. The van der Waals surface area contributed by atoms with Crippen LogP contribution in [0.15, 0.2) is 45.9 Å². The molecular weight excluding hydrogens is 336 g/mol. The van der Waals surface area contributed by atoms with Crippen LogP contribution >= 0.6 is 0 Å². The van der Waals surface area contributed by atoms with Gasteiger partial charge in [-0.2, -0.15) is 0 Å². The second kappa shape index (κ2) is 6.64. The lowest BCUT2D eigenvalue weighted by Gasteiger charge is -2.27. The lowest BCUT2D eigenvalue weighted by atomic mass is 10.1. The molecule has 1 aliphatic rings. The molecule has 0 bridgehead atoms. The molecule has 0 spiro atoms. The number of rotatable bonds is 5. The summed E-state index contributed by atoms with van der Waals surface area (Å²) in [5.41, 5.74) is 2.19. The van der Waals surface area contributed by atoms with E-state index in [0.717, 1.165) is 17.9 Å². The van der Waals surface area contributed by atoms with Gasteiger partial charge in [-0.3, -0.25) is 14.5 Å². The number of furan rings is 1. The van der Waals surface area contributed by atoms with Crippen LogP contribution < -0.4 is 5.56 Å². The Hall–Kier alpha value is -3.13. The van der Waals surface area contributed by atoms with Crippen molar-refractivity contribution in [1.29, 1.82) is 0 Å². The number of carbonyl (C=O) groups is 1. The van der Waals surface area contributed by atoms with E-state index in [1.165, 1.54) is 0 Å². The van der Waals surface area contributed by atoms with Crippen molar-refractivity contribution in [3.63, 3.8) is 0 Å². The molecule has 0 fully saturated rings. The average molecular weight is 354 g/mol. The third-order valence-corrected chi connectivity index (χ3v) is 4.52. The second-order valence-electron chi connectivity index (χ2n) is 6.30. The number of carboxylic acids is 1. The summed E-state index contributed by atoms with van der Waals surface area (Å²) in [6.45, 7) is 1.74. The van der Waals surface area contributed by atoms with Crippen molar-refractivity contribution in [2.45, 2.75) is 26.1 Å². The smallest absolute Gasteiger partial charge is 0.323 e. The highest BCUT2D eigenvalue weighted by Gasteiger charge is 2.22. The van der Waals surface area contributed by atoms with Crippen molar-refractivity contribution in [2.75, 3.05) is 6.54 Å². The number of hydrogen-bond acceptors (Lipinski definition) is 5. The maximum absolute atomic E-state index is 12.5. The number of nitrogens with one attached hydrogen (secondary N) is 1. The predicted molar refractivity (Wildman–Crippen MR) is 92.4 cm³/mol. The van der Waals surface area contributed by atoms with Crippen molar-refractivity contribution in [1.82, 2.24) is 19.4 Å². The molecule has 0 aliphatic carbocycles. The standard InChI is InChI=1S/C18H18N4O4/c23-16(24)11-22-6-1-3-12(22)9-21-7-5-14-13(10-21)18(25)20-17(19-14)15-4-2-8-26-15/h1-4,6,8H,5,7,9-11H2,(H,23,24)(H,19,20,25). The highest BCUT2D eigenvalue weighted by Crippen LogP contribution is 2.20. The molecule has 26 heavy (non-hydrogen) atoms. The van der Waals surface area contributed by atoms with Gasteiger partial charge >= 0.3 is 5.97 Å². The molecule has 0 amide bonds. The van der Waals surface area contributed by atoms with Crippen LogP contribution in [0.5, 0.6) is 0 Å². The SMILES string of the molecule is O=C(O)Cn1cccc1CN1CCc2nc(-c3ccco3)[nH]c(=O)c2C1. The summed E-state index contributed by atoms with van der Waals surface area (Å²) in [5.74, 6) is 0.110. The molecule has 0 radical (unpaired) electrons. The molecule has 0 saturated carbocycles. The van der Waals surface area contributed by atoms with Gasteiger partial charge in [-0.25, -0.2) is 4.98 Å². The second-order valence-corrected chi connectivity index (χ2v) is 6.30. The molecule has 0 aromatic carbocycles. The van der Waals surface area contributed by atoms with Crippen LogP contribution in [0, 0.1) is 0 Å². The Bertz CT molecular complexity index is 987. The number of hydrogen-bond donors (Lipinski definition) is 2. The summed E-state index contributed by atoms with van der Waals surface area (Å²) in [6.07, 6.45) is 3.96. The maximum Gasteiger partial charge on any atom is 0.323 e. The van der Waals surface area contributed by atoms with Gasteiger partial charge in [0.25, 0.3) is 5.56 Å². The largest absolute Gasteiger partial charge is 0.480 e. The predicted octanol–water partition coefficient (Wildman–Crippen LogP) is 1.47. The Kier molecular flexibility index (Phi) is 4.18. The lowest BCUT2D eigenvalue weighted by molar-refractivity contribution is -0.137. The number of fused-ring (bicyclic) bond motifs is 1. The van der Waals surface area contributed by atoms with Crippen molar-refractivity contribution in [3.05, 3.63) is 64.0 Å². The average Bonchev–Trinajstić information content (AvgIpc) is 3.27. The molecule has 4 rings (SSSR count). The van der Waals surface area contributed by atoms with E-state index in [1.54, 1.807) is 29.2 Å². The number of nitrogens with zero attached hydrogens (tertiary/aromatic N) is 3. The first-order valence-corrected chi connectivity index (χ1v) is 8.34. The van der Waals surface area contributed by atoms with E-state index in [4.69, 9.17) is 9.52 Å². The molecule has 3 aromatic heterocycles. The van der Waals surface area contributed by atoms with E-state index in [1.807, 2.05) is 12.1 Å². The van der Waals surface area contributed by atoms with Gasteiger partial charge in [0.1, 0.15) is 6.54 Å². The van der Waals surface area contributed by atoms with Crippen molar-refractivity contribution in [2.24, 2.45) is 0 Å². The summed E-state index contributed by atoms with van der Waals surface area (Å²) in [4.78, 5) is 32.9. The molecule has 0 atom stereocenters. The minimum atomic E-state index is -0.877. The molecule has 134 valence electrons. The first-order chi connectivity index (χ1) is 12.6. The van der Waals surface area contributed by atoms with Gasteiger partial charge in [-0.1, -0.05) is 0 Å². The Morgan fingerprint density at radius 1 is 1.35 bits per heavy atom. The fraction of sp³-hybridized carbons (Fsp3) is 0.278. The Morgan fingerprint density at radius 3 is 3.00 bits per heavy atom. The first kappa shape index (κ1) is 16.3. The van der Waals surface area contributed by atoms with Crippen molar-refractivity contribution in [3.8, 4) is 11.6 Å². The molecule has 0 saturated heterocycles. The normalized spacial score (nSPS) is 14.3. The van der Waals surface area contributed by atoms with E-state index in [-0.39, 0.29) is 12.1 Å². The molecule has 1 aliphatic heterocycles. The van der Waals surface area contributed by atoms with Gasteiger partial charge in [-0.05, 0) is 24.3 Å². The number of aliphatic carboxylic acids is 1. The zero-order valence-corrected chi connectivity index (χ0v) is 14.0. The minimum Gasteiger partial charge on any atom is -0.480 e. The van der Waals surface area contributed by atoms with Crippen LogP contribution in [0.3, 0.4) is 0 Å². The van der Waals surface area contributed by atoms with Gasteiger partial charge < -0.3 is 19.1 Å². The van der Waals surface area contributed by atoms with E-state index in [0.29, 0.717) is 36.7 Å². The van der Waals surface area contributed by atoms with E-state index >= 15 is 0 Å². The molecule has 8 heteroatoms. The van der Waals surface area contributed by atoms with Gasteiger partial charge in [0.05, 0.1) is 17.5 Å². The number of aromatic nitrogens is 3. The molecular formula is C18H18N4O4. The van der Waals surface area contributed by atoms with Crippen LogP contribution in [-0.2, 0) is 30.8 Å². The summed E-state index contributed by atoms with van der Waals surface area (Å²) in [5, 5.41) is 8.99. The van der Waals surface area contributed by atoms with E-state index < -0.39 is 5.97 Å². The highest BCUT2D eigenvalue weighted by molar-refractivity contribution is 5.66. The van der Waals surface area contributed by atoms with E-state index in [2.05, 4.69) is 14.9 Å². The van der Waals surface area contributed by atoms with Gasteiger partial charge in [0, 0.05) is 37.9 Å². The third-order valence-electron chi connectivity index (χ3n) is 4.52. The molecule has 0 unspecified atom stereocenters. The Labute approximate surface area is 148 Å². The quantitative estimate of drug-likeness (QED) is 0.719. The zero-order valence-electron chi connectivity index (χ0n) is 14.0. The fourth-order valence-electron chi connectivity index (χ4n) is 3.27. The van der Waals surface area contributed by atoms with Crippen LogP contribution in [-0.4, -0.2) is 37.1 Å². The Balaban J connectivity index is 1.54. The summed E-state index contributed by atoms with van der Waals surface area (Å²) < 4.78 is 7.02. The fourth-order valence-corrected chi connectivity index (χ4v) is 3.27. The zero-order chi connectivity index (χ0) is 18.1. The topological polar surface area (TPSA) is 104 Å². The number of H-pyrrole nitrogens is 1. The lowest BCUT2D eigenvalue weighted by Crippen LogP contribution is -2.36. The molecule has 8 nitrogen and oxygen atoms in total. The highest BCUT2D eigenvalue weighted by atomic mass is 16.4. The summed E-state index contributed by atoms with van der Waals surface area (Å²) in [7, 11) is 0. The van der Waals surface area contributed by atoms with E-state index in [9.17, 15) is 9.59 Å². The van der Waals surface area contributed by atoms with Crippen LogP contribution in [0.4, 0.5) is 0 Å². The van der Waals surface area contributed by atoms with Gasteiger partial charge in [-0.15, -0.1) is 0 Å². The monoisotopic (exact) mass is 354 g/mol. The molecule has 3 aromatic rings. The molecule has 4 heterocycles. The molecule has 2 N–H and O–H groups in total. The summed E-state index contributed by atoms with van der Waals surface area (Å²) in [6, 6.07) is 7.25. The van der Waals surface area contributed by atoms with Crippen LogP contribution in [0.25, 0.3) is 11.6 Å². The first-order valence-electron chi connectivity index (χ1n) is 8.34. The van der Waals surface area contributed by atoms with Crippen molar-refractivity contribution >= 4 is 5.97 Å². The minimum absolute atomic E-state index is 0.0680. The number of carboxylic acid groups (broad SMARTS) is 1. The van der Waals surface area contributed by atoms with Crippen LogP contribution in [0.2, 0.25) is 0 Å².